The summed E-state index contributed by atoms with van der Waals surface area (Å²) in [5.41, 5.74) is -0.825. The topological polar surface area (TPSA) is 32.3 Å². The molecule has 1 saturated carbocycles. The van der Waals surface area contributed by atoms with E-state index in [1.165, 1.54) is 12.1 Å². The Hall–Kier alpha value is -1.23. The minimum atomic E-state index is -4.31. The fraction of sp³-hybridized carbons (Fsp3) is 0.500. The zero-order chi connectivity index (χ0) is 12.7. The van der Waals surface area contributed by atoms with Crippen molar-refractivity contribution in [3.63, 3.8) is 0 Å². The van der Waals surface area contributed by atoms with E-state index in [1.807, 2.05) is 0 Å². The molecule has 0 saturated heterocycles. The third-order valence-corrected chi connectivity index (χ3v) is 3.24. The van der Waals surface area contributed by atoms with Gasteiger partial charge in [0, 0.05) is 5.69 Å². The highest BCUT2D eigenvalue weighted by atomic mass is 19.4. The average Bonchev–Trinajstić information content (AvgIpc) is 2.24. The number of hydrogen-bond acceptors (Lipinski definition) is 2. The molecule has 0 aliphatic heterocycles. The molecular formula is C12H14F3NO. The van der Waals surface area contributed by atoms with Gasteiger partial charge in [0.25, 0.3) is 0 Å². The summed E-state index contributed by atoms with van der Waals surface area (Å²) in [5.74, 6) is 0. The second-order valence-electron chi connectivity index (χ2n) is 4.67. The minimum absolute atomic E-state index is 0.0840. The van der Waals surface area contributed by atoms with Crippen LogP contribution in [-0.4, -0.2) is 16.7 Å². The molecule has 5 heteroatoms. The molecule has 1 aliphatic rings. The molecule has 0 aromatic heterocycles. The number of benzene rings is 1. The van der Waals surface area contributed by atoms with Crippen LogP contribution in [0.2, 0.25) is 0 Å². The number of aliphatic hydroxyl groups is 1. The van der Waals surface area contributed by atoms with Crippen molar-refractivity contribution >= 4 is 5.69 Å². The molecule has 2 rings (SSSR count). The van der Waals surface area contributed by atoms with E-state index in [2.05, 4.69) is 5.32 Å². The summed E-state index contributed by atoms with van der Waals surface area (Å²) in [6.07, 6.45) is -2.76. The SMILES string of the molecule is C[C@]1(O)CC[C@@H]1Nc1ccc(C(F)(F)F)cc1. The summed E-state index contributed by atoms with van der Waals surface area (Å²) in [4.78, 5) is 0. The van der Waals surface area contributed by atoms with E-state index < -0.39 is 17.3 Å². The van der Waals surface area contributed by atoms with Crippen molar-refractivity contribution in [2.24, 2.45) is 0 Å². The molecule has 1 fully saturated rings. The Labute approximate surface area is 97.5 Å². The number of halogens is 3. The van der Waals surface area contributed by atoms with Gasteiger partial charge in [-0.2, -0.15) is 13.2 Å². The minimum Gasteiger partial charge on any atom is -0.388 e. The van der Waals surface area contributed by atoms with Crippen LogP contribution in [0.4, 0.5) is 18.9 Å². The average molecular weight is 245 g/mol. The molecule has 1 aromatic carbocycles. The molecule has 1 aliphatic carbocycles. The van der Waals surface area contributed by atoms with Gasteiger partial charge in [0.2, 0.25) is 0 Å². The second-order valence-corrected chi connectivity index (χ2v) is 4.67. The molecule has 0 bridgehead atoms. The molecule has 0 radical (unpaired) electrons. The van der Waals surface area contributed by atoms with E-state index in [0.717, 1.165) is 18.6 Å². The van der Waals surface area contributed by atoms with Crippen LogP contribution in [0.25, 0.3) is 0 Å². The summed E-state index contributed by atoms with van der Waals surface area (Å²) in [5, 5.41) is 12.8. The lowest BCUT2D eigenvalue weighted by molar-refractivity contribution is -0.137. The second kappa shape index (κ2) is 3.91. The third kappa shape index (κ3) is 2.54. The first-order chi connectivity index (χ1) is 7.79. The van der Waals surface area contributed by atoms with Crippen LogP contribution in [0.15, 0.2) is 24.3 Å². The predicted octanol–water partition coefficient (Wildman–Crippen LogP) is 3.03. The van der Waals surface area contributed by atoms with E-state index >= 15 is 0 Å². The molecule has 17 heavy (non-hydrogen) atoms. The summed E-state index contributed by atoms with van der Waals surface area (Å²) in [6, 6.07) is 4.76. The Kier molecular flexibility index (Phi) is 2.81. The Bertz CT molecular complexity index is 397. The van der Waals surface area contributed by atoms with Crippen LogP contribution in [-0.2, 0) is 6.18 Å². The van der Waals surface area contributed by atoms with Crippen molar-refractivity contribution in [2.75, 3.05) is 5.32 Å². The number of anilines is 1. The monoisotopic (exact) mass is 245 g/mol. The number of rotatable bonds is 2. The van der Waals surface area contributed by atoms with Gasteiger partial charge in [0.1, 0.15) is 0 Å². The lowest BCUT2D eigenvalue weighted by atomic mass is 9.76. The zero-order valence-corrected chi connectivity index (χ0v) is 9.38. The predicted molar refractivity (Wildman–Crippen MR) is 58.7 cm³/mol. The van der Waals surface area contributed by atoms with E-state index in [-0.39, 0.29) is 6.04 Å². The Morgan fingerprint density at radius 3 is 2.24 bits per heavy atom. The van der Waals surface area contributed by atoms with E-state index in [4.69, 9.17) is 0 Å². The third-order valence-electron chi connectivity index (χ3n) is 3.24. The lowest BCUT2D eigenvalue weighted by Gasteiger charge is -2.43. The number of hydrogen-bond donors (Lipinski definition) is 2. The zero-order valence-electron chi connectivity index (χ0n) is 9.38. The Morgan fingerprint density at radius 2 is 1.88 bits per heavy atom. The first kappa shape index (κ1) is 12.2. The highest BCUT2D eigenvalue weighted by Crippen LogP contribution is 2.35. The number of nitrogens with one attached hydrogen (secondary N) is 1. The molecule has 0 unspecified atom stereocenters. The van der Waals surface area contributed by atoms with E-state index in [0.29, 0.717) is 12.1 Å². The van der Waals surface area contributed by atoms with Gasteiger partial charge in [0.15, 0.2) is 0 Å². The summed E-state index contributed by atoms with van der Waals surface area (Å²) >= 11 is 0. The van der Waals surface area contributed by atoms with E-state index in [1.54, 1.807) is 6.92 Å². The fourth-order valence-electron chi connectivity index (χ4n) is 1.89. The molecule has 1 aromatic rings. The normalized spacial score (nSPS) is 28.6. The van der Waals surface area contributed by atoms with Crippen LogP contribution in [0.1, 0.15) is 25.3 Å². The summed E-state index contributed by atoms with van der Waals surface area (Å²) in [6.45, 7) is 1.72. The van der Waals surface area contributed by atoms with Crippen molar-refractivity contribution in [1.82, 2.24) is 0 Å². The maximum atomic E-state index is 12.3. The van der Waals surface area contributed by atoms with Crippen molar-refractivity contribution in [1.29, 1.82) is 0 Å². The molecule has 2 nitrogen and oxygen atoms in total. The molecule has 2 N–H and O–H groups in total. The fourth-order valence-corrected chi connectivity index (χ4v) is 1.89. The molecule has 94 valence electrons. The van der Waals surface area contributed by atoms with Crippen LogP contribution in [0.3, 0.4) is 0 Å². The summed E-state index contributed by atoms with van der Waals surface area (Å²) in [7, 11) is 0. The van der Waals surface area contributed by atoms with Crippen LogP contribution in [0.5, 0.6) is 0 Å². The first-order valence-electron chi connectivity index (χ1n) is 5.45. The number of alkyl halides is 3. The quantitative estimate of drug-likeness (QED) is 0.839. The smallest absolute Gasteiger partial charge is 0.388 e. The van der Waals surface area contributed by atoms with E-state index in [9.17, 15) is 18.3 Å². The van der Waals surface area contributed by atoms with Gasteiger partial charge in [-0.05, 0) is 44.0 Å². The standard InChI is InChI=1S/C12H14F3NO/c1-11(17)7-6-10(11)16-9-4-2-8(3-5-9)12(13,14)15/h2-5,10,16-17H,6-7H2,1H3/t10-,11-/m0/s1. The van der Waals surface area contributed by atoms with Crippen molar-refractivity contribution in [3.05, 3.63) is 29.8 Å². The summed E-state index contributed by atoms with van der Waals surface area (Å²) < 4.78 is 37.0. The van der Waals surface area contributed by atoms with Gasteiger partial charge in [-0.3, -0.25) is 0 Å². The first-order valence-corrected chi connectivity index (χ1v) is 5.45. The van der Waals surface area contributed by atoms with Gasteiger partial charge >= 0.3 is 6.18 Å². The largest absolute Gasteiger partial charge is 0.416 e. The van der Waals surface area contributed by atoms with Crippen LogP contribution >= 0.6 is 0 Å². The maximum Gasteiger partial charge on any atom is 0.416 e. The van der Waals surface area contributed by atoms with Crippen LogP contribution < -0.4 is 5.32 Å². The van der Waals surface area contributed by atoms with Crippen molar-refractivity contribution < 1.29 is 18.3 Å². The molecule has 2 atom stereocenters. The van der Waals surface area contributed by atoms with Gasteiger partial charge in [-0.1, -0.05) is 0 Å². The lowest BCUT2D eigenvalue weighted by Crippen LogP contribution is -2.53. The molecule has 0 heterocycles. The van der Waals surface area contributed by atoms with Gasteiger partial charge in [-0.25, -0.2) is 0 Å². The molecule has 0 spiro atoms. The van der Waals surface area contributed by atoms with Crippen molar-refractivity contribution in [2.45, 2.75) is 37.6 Å². The van der Waals surface area contributed by atoms with Crippen LogP contribution in [0, 0.1) is 0 Å². The highest BCUT2D eigenvalue weighted by Gasteiger charge is 2.40. The van der Waals surface area contributed by atoms with Gasteiger partial charge in [-0.15, -0.1) is 0 Å². The van der Waals surface area contributed by atoms with Gasteiger partial charge in [0.05, 0.1) is 17.2 Å². The van der Waals surface area contributed by atoms with Crippen molar-refractivity contribution in [3.8, 4) is 0 Å². The molecular weight excluding hydrogens is 231 g/mol. The maximum absolute atomic E-state index is 12.3. The molecule has 0 amide bonds. The Balaban J connectivity index is 2.04. The highest BCUT2D eigenvalue weighted by molar-refractivity contribution is 5.47. The Morgan fingerprint density at radius 1 is 1.29 bits per heavy atom. The van der Waals surface area contributed by atoms with Gasteiger partial charge < -0.3 is 10.4 Å².